The van der Waals surface area contributed by atoms with Crippen LogP contribution in [-0.4, -0.2) is 10.9 Å². The normalized spacial score (nSPS) is 16.0. The zero-order valence-corrected chi connectivity index (χ0v) is 13.8. The van der Waals surface area contributed by atoms with Crippen molar-refractivity contribution in [2.45, 2.75) is 44.9 Å². The van der Waals surface area contributed by atoms with Crippen LogP contribution in [0.4, 0.5) is 5.69 Å². The minimum Gasteiger partial charge on any atom is -0.322 e. The molecule has 0 saturated carbocycles. The fraction of sp³-hybridized carbons (Fsp3) is 0.333. The van der Waals surface area contributed by atoms with Crippen molar-refractivity contribution in [1.29, 1.82) is 0 Å². The van der Waals surface area contributed by atoms with Crippen molar-refractivity contribution < 1.29 is 4.79 Å². The third kappa shape index (κ3) is 2.99. The van der Waals surface area contributed by atoms with Crippen molar-refractivity contribution in [3.63, 3.8) is 0 Å². The molecule has 122 valence electrons. The monoisotopic (exact) mass is 318 g/mol. The maximum atomic E-state index is 12.5. The summed E-state index contributed by atoms with van der Waals surface area (Å²) in [5.74, 6) is -0.0491. The number of nitrogens with one attached hydrogen (secondary N) is 1. The second-order valence-electron chi connectivity index (χ2n) is 6.63. The molecule has 0 unspecified atom stereocenters. The molecule has 0 bridgehead atoms. The number of aryl methyl sites for hydroxylation is 2. The number of anilines is 1. The molecule has 1 aromatic carbocycles. The van der Waals surface area contributed by atoms with E-state index in [-0.39, 0.29) is 5.91 Å². The van der Waals surface area contributed by atoms with Crippen molar-refractivity contribution in [2.75, 3.05) is 5.32 Å². The van der Waals surface area contributed by atoms with Crippen LogP contribution in [0.25, 0.3) is 6.08 Å². The lowest BCUT2D eigenvalue weighted by Gasteiger charge is -2.21. The summed E-state index contributed by atoms with van der Waals surface area (Å²) in [5.41, 5.74) is 7.08. The van der Waals surface area contributed by atoms with Gasteiger partial charge >= 0.3 is 0 Å². The number of amides is 1. The van der Waals surface area contributed by atoms with Crippen molar-refractivity contribution in [1.82, 2.24) is 4.98 Å². The molecule has 0 aliphatic heterocycles. The molecule has 0 fully saturated rings. The van der Waals surface area contributed by atoms with Crippen LogP contribution in [0.1, 0.15) is 47.3 Å². The van der Waals surface area contributed by atoms with E-state index in [1.54, 1.807) is 6.08 Å². The molecular weight excluding hydrogens is 296 g/mol. The summed E-state index contributed by atoms with van der Waals surface area (Å²) in [4.78, 5) is 17.3. The minimum absolute atomic E-state index is 0.0491. The Kier molecular flexibility index (Phi) is 4.16. The third-order valence-electron chi connectivity index (χ3n) is 4.98. The molecule has 1 N–H and O–H groups in total. The Morgan fingerprint density at radius 3 is 2.38 bits per heavy atom. The number of rotatable bonds is 3. The van der Waals surface area contributed by atoms with Gasteiger partial charge in [-0.05, 0) is 67.7 Å². The lowest BCUT2D eigenvalue weighted by atomic mass is 9.92. The maximum absolute atomic E-state index is 12.5. The molecular formula is C21H22N2O. The van der Waals surface area contributed by atoms with Gasteiger partial charge in [0, 0.05) is 17.5 Å². The molecule has 1 amide bonds. The largest absolute Gasteiger partial charge is 0.322 e. The predicted octanol–water partition coefficient (Wildman–Crippen LogP) is 4.10. The molecule has 0 atom stereocenters. The van der Waals surface area contributed by atoms with Gasteiger partial charge in [-0.3, -0.25) is 9.78 Å². The summed E-state index contributed by atoms with van der Waals surface area (Å²) in [6.45, 7) is 0. The van der Waals surface area contributed by atoms with E-state index in [1.165, 1.54) is 35.4 Å². The molecule has 1 aromatic heterocycles. The first kappa shape index (κ1) is 15.1. The number of carbonyl (C=O) groups is 1. The molecule has 4 rings (SSSR count). The van der Waals surface area contributed by atoms with Gasteiger partial charge in [0.05, 0.1) is 5.69 Å². The topological polar surface area (TPSA) is 42.0 Å². The quantitative estimate of drug-likeness (QED) is 0.866. The van der Waals surface area contributed by atoms with Crippen molar-refractivity contribution in [3.8, 4) is 0 Å². The van der Waals surface area contributed by atoms with Gasteiger partial charge in [-0.15, -0.1) is 0 Å². The van der Waals surface area contributed by atoms with Crippen molar-refractivity contribution >= 4 is 17.7 Å². The number of aromatic nitrogens is 1. The molecule has 24 heavy (non-hydrogen) atoms. The summed E-state index contributed by atoms with van der Waals surface area (Å²) in [5, 5.41) is 3.17. The Labute approximate surface area is 142 Å². The fourth-order valence-electron chi connectivity index (χ4n) is 3.80. The summed E-state index contributed by atoms with van der Waals surface area (Å²) >= 11 is 0. The number of carbonyl (C=O) groups excluding carboxylic acids is 1. The van der Waals surface area contributed by atoms with E-state index in [0.29, 0.717) is 0 Å². The zero-order chi connectivity index (χ0) is 16.4. The molecule has 0 spiro atoms. The highest BCUT2D eigenvalue weighted by Crippen LogP contribution is 2.35. The van der Waals surface area contributed by atoms with E-state index < -0.39 is 0 Å². The highest BCUT2D eigenvalue weighted by atomic mass is 16.1. The molecule has 2 aromatic rings. The van der Waals surface area contributed by atoms with E-state index >= 15 is 0 Å². The molecule has 2 aliphatic rings. The van der Waals surface area contributed by atoms with Crippen LogP contribution in [0.15, 0.2) is 36.4 Å². The maximum Gasteiger partial charge on any atom is 0.248 e. The van der Waals surface area contributed by atoms with Gasteiger partial charge in [-0.25, -0.2) is 0 Å². The Balaban J connectivity index is 1.61. The summed E-state index contributed by atoms with van der Waals surface area (Å²) < 4.78 is 0. The van der Waals surface area contributed by atoms with Crippen LogP contribution in [0, 0.1) is 0 Å². The average molecular weight is 318 g/mol. The summed E-state index contributed by atoms with van der Waals surface area (Å²) in [6.07, 6.45) is 11.2. The predicted molar refractivity (Wildman–Crippen MR) is 97.0 cm³/mol. The highest BCUT2D eigenvalue weighted by Gasteiger charge is 2.24. The third-order valence-corrected chi connectivity index (χ3v) is 4.98. The van der Waals surface area contributed by atoms with Gasteiger partial charge < -0.3 is 5.32 Å². The highest BCUT2D eigenvalue weighted by molar-refractivity contribution is 6.03. The van der Waals surface area contributed by atoms with Gasteiger partial charge in [0.25, 0.3) is 0 Å². The van der Waals surface area contributed by atoms with Crippen LogP contribution >= 0.6 is 0 Å². The number of nitrogens with zero attached hydrogens (tertiary/aromatic N) is 1. The number of benzene rings is 1. The number of pyridine rings is 1. The Morgan fingerprint density at radius 1 is 0.917 bits per heavy atom. The van der Waals surface area contributed by atoms with Gasteiger partial charge in [-0.1, -0.05) is 30.3 Å². The van der Waals surface area contributed by atoms with Crippen molar-refractivity contribution in [3.05, 3.63) is 64.5 Å². The van der Waals surface area contributed by atoms with E-state index in [1.807, 2.05) is 36.4 Å². The Morgan fingerprint density at radius 2 is 1.58 bits per heavy atom. The number of hydrogen-bond acceptors (Lipinski definition) is 2. The lowest BCUT2D eigenvalue weighted by molar-refractivity contribution is -0.111. The van der Waals surface area contributed by atoms with Crippen LogP contribution in [0.2, 0.25) is 0 Å². The van der Waals surface area contributed by atoms with E-state index in [2.05, 4.69) is 5.32 Å². The molecule has 1 heterocycles. The molecule has 0 radical (unpaired) electrons. The first-order valence-electron chi connectivity index (χ1n) is 8.89. The van der Waals surface area contributed by atoms with E-state index in [9.17, 15) is 4.79 Å². The van der Waals surface area contributed by atoms with Crippen LogP contribution in [-0.2, 0) is 30.5 Å². The molecule has 3 heteroatoms. The number of fused-ring (bicyclic) bond motifs is 2. The fourth-order valence-corrected chi connectivity index (χ4v) is 3.80. The summed E-state index contributed by atoms with van der Waals surface area (Å²) in [7, 11) is 0. The van der Waals surface area contributed by atoms with Crippen LogP contribution in [0.5, 0.6) is 0 Å². The van der Waals surface area contributed by atoms with Crippen LogP contribution < -0.4 is 5.32 Å². The lowest BCUT2D eigenvalue weighted by Crippen LogP contribution is -2.17. The number of hydrogen-bond donors (Lipinski definition) is 1. The first-order chi connectivity index (χ1) is 11.8. The Bertz CT molecular complexity index is 793. The molecule has 3 nitrogen and oxygen atoms in total. The van der Waals surface area contributed by atoms with Gasteiger partial charge in [0.15, 0.2) is 0 Å². The SMILES string of the molecule is O=C(/C=C/c1ccccc1)Nc1c2c(nc3c1CCC3)CCCC2. The molecule has 2 aliphatic carbocycles. The van der Waals surface area contributed by atoms with E-state index in [4.69, 9.17) is 4.98 Å². The smallest absolute Gasteiger partial charge is 0.248 e. The van der Waals surface area contributed by atoms with E-state index in [0.717, 1.165) is 43.4 Å². The summed E-state index contributed by atoms with van der Waals surface area (Å²) in [6, 6.07) is 9.92. The second kappa shape index (κ2) is 6.60. The minimum atomic E-state index is -0.0491. The average Bonchev–Trinajstić information content (AvgIpc) is 3.09. The Hall–Kier alpha value is -2.42. The first-order valence-corrected chi connectivity index (χ1v) is 8.89. The van der Waals surface area contributed by atoms with Crippen LogP contribution in [0.3, 0.4) is 0 Å². The standard InChI is InChI=1S/C21H22N2O/c24-20(14-13-15-7-2-1-3-8-15)23-21-16-9-4-5-11-18(16)22-19-12-6-10-17(19)21/h1-3,7-8,13-14H,4-6,9-12H2,(H,22,23,24)/b14-13+. The second-order valence-corrected chi connectivity index (χ2v) is 6.63. The van der Waals surface area contributed by atoms with Gasteiger partial charge in [0.2, 0.25) is 5.91 Å². The van der Waals surface area contributed by atoms with Gasteiger partial charge in [0.1, 0.15) is 0 Å². The van der Waals surface area contributed by atoms with Gasteiger partial charge in [-0.2, -0.15) is 0 Å². The van der Waals surface area contributed by atoms with Crippen molar-refractivity contribution in [2.24, 2.45) is 0 Å². The zero-order valence-electron chi connectivity index (χ0n) is 13.8. The molecule has 0 saturated heterocycles.